The van der Waals surface area contributed by atoms with Crippen molar-refractivity contribution in [2.45, 2.75) is 24.4 Å². The summed E-state index contributed by atoms with van der Waals surface area (Å²) in [7, 11) is -0.559. The van der Waals surface area contributed by atoms with Crippen LogP contribution in [0.4, 0.5) is 5.82 Å². The van der Waals surface area contributed by atoms with E-state index in [1.807, 2.05) is 6.07 Å². The first-order valence-corrected chi connectivity index (χ1v) is 8.05. The highest BCUT2D eigenvalue weighted by Crippen LogP contribution is 2.11. The standard InChI is InChI=1S/C13H19N5O3S/c1-10(7-8-14)17-22(20,21)12-6-4-5-11(16-12)15-9-13(19)18(2)3/h4-6,10,17H,7,9H2,1-3H3,(H,15,16). The fraction of sp³-hybridized carbons (Fsp3) is 0.462. The molecular formula is C13H19N5O3S. The predicted molar refractivity (Wildman–Crippen MR) is 81.4 cm³/mol. The molecule has 8 nitrogen and oxygen atoms in total. The van der Waals surface area contributed by atoms with E-state index in [1.165, 1.54) is 17.0 Å². The Morgan fingerprint density at radius 2 is 2.14 bits per heavy atom. The lowest BCUT2D eigenvalue weighted by Gasteiger charge is -2.13. The van der Waals surface area contributed by atoms with Crippen molar-refractivity contribution >= 4 is 21.7 Å². The molecule has 22 heavy (non-hydrogen) atoms. The molecule has 2 N–H and O–H groups in total. The van der Waals surface area contributed by atoms with Gasteiger partial charge in [-0.15, -0.1) is 0 Å². The molecule has 120 valence electrons. The molecule has 0 aliphatic rings. The molecule has 1 unspecified atom stereocenters. The third kappa shape index (κ3) is 5.31. The van der Waals surface area contributed by atoms with Crippen LogP contribution in [-0.2, 0) is 14.8 Å². The third-order valence-electron chi connectivity index (χ3n) is 2.67. The quantitative estimate of drug-likeness (QED) is 0.738. The van der Waals surface area contributed by atoms with Crippen molar-refractivity contribution in [2.24, 2.45) is 0 Å². The van der Waals surface area contributed by atoms with E-state index in [9.17, 15) is 13.2 Å². The molecule has 1 amide bonds. The monoisotopic (exact) mass is 325 g/mol. The summed E-state index contributed by atoms with van der Waals surface area (Å²) in [6.45, 7) is 1.61. The number of pyridine rings is 1. The van der Waals surface area contributed by atoms with E-state index >= 15 is 0 Å². The van der Waals surface area contributed by atoms with Crippen LogP contribution in [-0.4, -0.2) is 50.9 Å². The van der Waals surface area contributed by atoms with E-state index in [1.54, 1.807) is 27.1 Å². The van der Waals surface area contributed by atoms with Crippen molar-refractivity contribution < 1.29 is 13.2 Å². The number of aromatic nitrogens is 1. The molecule has 1 rings (SSSR count). The van der Waals surface area contributed by atoms with Gasteiger partial charge in [-0.05, 0) is 19.1 Å². The molecule has 1 aromatic heterocycles. The first-order chi connectivity index (χ1) is 10.3. The van der Waals surface area contributed by atoms with Gasteiger partial charge >= 0.3 is 0 Å². The van der Waals surface area contributed by atoms with Crippen LogP contribution < -0.4 is 10.0 Å². The van der Waals surface area contributed by atoms with Crippen molar-refractivity contribution in [3.05, 3.63) is 18.2 Å². The third-order valence-corrected chi connectivity index (χ3v) is 4.16. The van der Waals surface area contributed by atoms with Crippen LogP contribution in [0.2, 0.25) is 0 Å². The number of carbonyl (C=O) groups excluding carboxylic acids is 1. The minimum Gasteiger partial charge on any atom is -0.361 e. The van der Waals surface area contributed by atoms with Crippen LogP contribution in [0.3, 0.4) is 0 Å². The average Bonchev–Trinajstić information content (AvgIpc) is 2.44. The SMILES string of the molecule is CC(CC#N)NS(=O)(=O)c1cccc(NCC(=O)N(C)C)n1. The Labute approximate surface area is 130 Å². The number of amides is 1. The molecule has 0 fully saturated rings. The second-order valence-electron chi connectivity index (χ2n) is 4.89. The van der Waals surface area contributed by atoms with Crippen LogP contribution in [0.1, 0.15) is 13.3 Å². The Morgan fingerprint density at radius 3 is 2.73 bits per heavy atom. The number of nitriles is 1. The Kier molecular flexibility index (Phi) is 6.27. The van der Waals surface area contributed by atoms with E-state index in [4.69, 9.17) is 5.26 Å². The highest BCUT2D eigenvalue weighted by atomic mass is 32.2. The fourth-order valence-corrected chi connectivity index (χ4v) is 2.70. The summed E-state index contributed by atoms with van der Waals surface area (Å²) >= 11 is 0. The van der Waals surface area contributed by atoms with Gasteiger partial charge in [-0.2, -0.15) is 5.26 Å². The molecule has 9 heteroatoms. The number of carbonyl (C=O) groups is 1. The maximum absolute atomic E-state index is 12.1. The Hall–Kier alpha value is -2.18. The van der Waals surface area contributed by atoms with Crippen LogP contribution in [0.25, 0.3) is 0 Å². The molecule has 0 bridgehead atoms. The van der Waals surface area contributed by atoms with Gasteiger partial charge in [0.2, 0.25) is 5.91 Å². The van der Waals surface area contributed by atoms with Gasteiger partial charge in [0.1, 0.15) is 5.82 Å². The van der Waals surface area contributed by atoms with E-state index < -0.39 is 16.1 Å². The minimum absolute atomic E-state index is 0.0156. The summed E-state index contributed by atoms with van der Waals surface area (Å²) in [6, 6.07) is 5.83. The molecule has 0 aliphatic carbocycles. The number of anilines is 1. The molecule has 0 radical (unpaired) electrons. The van der Waals surface area contributed by atoms with Gasteiger partial charge in [-0.3, -0.25) is 4.79 Å². The molecule has 1 atom stereocenters. The average molecular weight is 325 g/mol. The second kappa shape index (κ2) is 7.72. The smallest absolute Gasteiger partial charge is 0.258 e. The number of hydrogen-bond donors (Lipinski definition) is 2. The molecule has 0 saturated heterocycles. The number of likely N-dealkylation sites (N-methyl/N-ethyl adjacent to an activating group) is 1. The maximum atomic E-state index is 12.1. The zero-order chi connectivity index (χ0) is 16.8. The summed E-state index contributed by atoms with van der Waals surface area (Å²) in [5.74, 6) is 0.127. The molecule has 1 aromatic rings. The molecule has 0 saturated carbocycles. The zero-order valence-corrected chi connectivity index (χ0v) is 13.5. The van der Waals surface area contributed by atoms with Gasteiger partial charge in [-0.25, -0.2) is 18.1 Å². The van der Waals surface area contributed by atoms with E-state index in [-0.39, 0.29) is 29.7 Å². The predicted octanol–water partition coefficient (Wildman–Crippen LogP) is 0.162. The van der Waals surface area contributed by atoms with Crippen molar-refractivity contribution in [1.82, 2.24) is 14.6 Å². The van der Waals surface area contributed by atoms with Crippen molar-refractivity contribution in [3.63, 3.8) is 0 Å². The summed E-state index contributed by atoms with van der Waals surface area (Å²) in [6.07, 6.45) is 0.0640. The molecule has 0 aromatic carbocycles. The fourth-order valence-electron chi connectivity index (χ4n) is 1.49. The lowest BCUT2D eigenvalue weighted by atomic mass is 10.3. The van der Waals surface area contributed by atoms with Crippen LogP contribution in [0, 0.1) is 11.3 Å². The van der Waals surface area contributed by atoms with Gasteiger partial charge in [0.05, 0.1) is 19.0 Å². The van der Waals surface area contributed by atoms with Gasteiger partial charge in [0, 0.05) is 20.1 Å². The lowest BCUT2D eigenvalue weighted by Crippen LogP contribution is -2.33. The number of nitrogens with zero attached hydrogens (tertiary/aromatic N) is 3. The normalized spacial score (nSPS) is 12.3. The number of sulfonamides is 1. The van der Waals surface area contributed by atoms with Crippen molar-refractivity contribution in [1.29, 1.82) is 5.26 Å². The van der Waals surface area contributed by atoms with Crippen molar-refractivity contribution in [3.8, 4) is 6.07 Å². The van der Waals surface area contributed by atoms with E-state index in [2.05, 4.69) is 15.0 Å². The second-order valence-corrected chi connectivity index (χ2v) is 6.55. The lowest BCUT2D eigenvalue weighted by molar-refractivity contribution is -0.126. The Morgan fingerprint density at radius 1 is 1.45 bits per heavy atom. The van der Waals surface area contributed by atoms with Crippen LogP contribution >= 0.6 is 0 Å². The molecule has 0 spiro atoms. The Bertz CT molecular complexity index is 666. The summed E-state index contributed by atoms with van der Waals surface area (Å²) in [5, 5.41) is 11.2. The highest BCUT2D eigenvalue weighted by Gasteiger charge is 2.19. The summed E-state index contributed by atoms with van der Waals surface area (Å²) in [4.78, 5) is 16.9. The minimum atomic E-state index is -3.81. The maximum Gasteiger partial charge on any atom is 0.258 e. The zero-order valence-electron chi connectivity index (χ0n) is 12.7. The number of rotatable bonds is 7. The number of nitrogens with one attached hydrogen (secondary N) is 2. The molecular weight excluding hydrogens is 306 g/mol. The van der Waals surface area contributed by atoms with Crippen LogP contribution in [0.5, 0.6) is 0 Å². The molecule has 1 heterocycles. The topological polar surface area (TPSA) is 115 Å². The summed E-state index contributed by atoms with van der Waals surface area (Å²) in [5.41, 5.74) is 0. The highest BCUT2D eigenvalue weighted by molar-refractivity contribution is 7.89. The van der Waals surface area contributed by atoms with E-state index in [0.717, 1.165) is 0 Å². The Balaban J connectivity index is 2.83. The van der Waals surface area contributed by atoms with Gasteiger partial charge in [0.15, 0.2) is 5.03 Å². The van der Waals surface area contributed by atoms with Crippen molar-refractivity contribution in [2.75, 3.05) is 26.0 Å². The number of hydrogen-bond acceptors (Lipinski definition) is 6. The largest absolute Gasteiger partial charge is 0.361 e. The van der Waals surface area contributed by atoms with Gasteiger partial charge in [0.25, 0.3) is 10.0 Å². The van der Waals surface area contributed by atoms with E-state index in [0.29, 0.717) is 0 Å². The van der Waals surface area contributed by atoms with Crippen LogP contribution in [0.15, 0.2) is 23.2 Å². The first-order valence-electron chi connectivity index (χ1n) is 6.56. The summed E-state index contributed by atoms with van der Waals surface area (Å²) < 4.78 is 26.6. The first kappa shape index (κ1) is 17.9. The molecule has 0 aliphatic heterocycles. The van der Waals surface area contributed by atoms with Gasteiger partial charge in [-0.1, -0.05) is 6.07 Å². The van der Waals surface area contributed by atoms with Gasteiger partial charge < -0.3 is 10.2 Å².